The Bertz CT molecular complexity index is 683. The van der Waals surface area contributed by atoms with Crippen LogP contribution in [0.3, 0.4) is 0 Å². The highest BCUT2D eigenvalue weighted by atomic mass is 35.5. The summed E-state index contributed by atoms with van der Waals surface area (Å²) in [5.41, 5.74) is 2.46. The fourth-order valence-electron chi connectivity index (χ4n) is 1.99. The third kappa shape index (κ3) is 5.42. The molecular weight excluding hydrogens is 314 g/mol. The number of aryl methyl sites for hydroxylation is 1. The van der Waals surface area contributed by atoms with E-state index in [0.29, 0.717) is 17.1 Å². The van der Waals surface area contributed by atoms with Gasteiger partial charge in [0, 0.05) is 11.6 Å². The highest BCUT2D eigenvalue weighted by molar-refractivity contribution is 6.30. The monoisotopic (exact) mass is 331 g/mol. The van der Waals surface area contributed by atoms with E-state index in [9.17, 15) is 9.59 Å². The van der Waals surface area contributed by atoms with Gasteiger partial charge in [0.15, 0.2) is 6.61 Å². The van der Waals surface area contributed by atoms with E-state index in [4.69, 9.17) is 16.3 Å². The van der Waals surface area contributed by atoms with Gasteiger partial charge in [-0.15, -0.1) is 0 Å². The van der Waals surface area contributed by atoms with Crippen LogP contribution in [0.15, 0.2) is 48.5 Å². The zero-order valence-corrected chi connectivity index (χ0v) is 13.6. The topological polar surface area (TPSA) is 55.4 Å². The second-order valence-corrected chi connectivity index (χ2v) is 5.47. The summed E-state index contributed by atoms with van der Waals surface area (Å²) in [7, 11) is 0. The molecule has 0 bridgehead atoms. The predicted molar refractivity (Wildman–Crippen MR) is 89.4 cm³/mol. The van der Waals surface area contributed by atoms with Gasteiger partial charge < -0.3 is 10.1 Å². The van der Waals surface area contributed by atoms with Crippen LogP contribution in [0.2, 0.25) is 5.02 Å². The Hall–Kier alpha value is -2.33. The molecule has 4 nitrogen and oxygen atoms in total. The molecule has 1 amide bonds. The van der Waals surface area contributed by atoms with Crippen molar-refractivity contribution in [2.75, 3.05) is 6.61 Å². The minimum absolute atomic E-state index is 0.311. The van der Waals surface area contributed by atoms with Gasteiger partial charge in [-0.1, -0.05) is 42.8 Å². The van der Waals surface area contributed by atoms with Gasteiger partial charge in [-0.2, -0.15) is 0 Å². The van der Waals surface area contributed by atoms with Crippen molar-refractivity contribution in [2.24, 2.45) is 0 Å². The van der Waals surface area contributed by atoms with Crippen LogP contribution < -0.4 is 5.32 Å². The molecule has 0 saturated heterocycles. The molecule has 0 aromatic heterocycles. The summed E-state index contributed by atoms with van der Waals surface area (Å²) in [6, 6.07) is 14.3. The van der Waals surface area contributed by atoms with Crippen molar-refractivity contribution in [1.29, 1.82) is 0 Å². The number of carbonyl (C=O) groups is 2. The molecule has 0 fully saturated rings. The van der Waals surface area contributed by atoms with Gasteiger partial charge >= 0.3 is 5.97 Å². The Morgan fingerprint density at radius 3 is 2.48 bits per heavy atom. The maximum absolute atomic E-state index is 11.8. The van der Waals surface area contributed by atoms with Crippen molar-refractivity contribution < 1.29 is 14.3 Å². The molecule has 0 aliphatic rings. The normalized spacial score (nSPS) is 10.2. The highest BCUT2D eigenvalue weighted by Gasteiger charge is 2.10. The Morgan fingerprint density at radius 1 is 1.09 bits per heavy atom. The molecular formula is C18H18ClNO3. The third-order valence-corrected chi connectivity index (χ3v) is 3.55. The maximum atomic E-state index is 11.8. The summed E-state index contributed by atoms with van der Waals surface area (Å²) in [5, 5.41) is 3.29. The molecule has 0 atom stereocenters. The fraction of sp³-hybridized carbons (Fsp3) is 0.222. The molecule has 0 spiro atoms. The summed E-state index contributed by atoms with van der Waals surface area (Å²) >= 11 is 5.87. The van der Waals surface area contributed by atoms with Crippen molar-refractivity contribution in [1.82, 2.24) is 5.32 Å². The van der Waals surface area contributed by atoms with Crippen molar-refractivity contribution in [3.63, 3.8) is 0 Å². The number of esters is 1. The molecule has 0 aliphatic heterocycles. The van der Waals surface area contributed by atoms with Crippen LogP contribution in [0.4, 0.5) is 0 Å². The smallest absolute Gasteiger partial charge is 0.338 e. The molecule has 1 N–H and O–H groups in total. The maximum Gasteiger partial charge on any atom is 0.338 e. The Morgan fingerprint density at radius 2 is 1.83 bits per heavy atom. The first-order chi connectivity index (χ1) is 11.1. The third-order valence-electron chi connectivity index (χ3n) is 3.31. The van der Waals surface area contributed by atoms with Crippen LogP contribution >= 0.6 is 11.6 Å². The minimum Gasteiger partial charge on any atom is -0.452 e. The number of hydrogen-bond acceptors (Lipinski definition) is 3. The quantitative estimate of drug-likeness (QED) is 0.826. The molecule has 2 aromatic rings. The molecule has 0 aliphatic carbocycles. The molecule has 5 heteroatoms. The number of carbonyl (C=O) groups excluding carboxylic acids is 2. The van der Waals surface area contributed by atoms with E-state index in [0.717, 1.165) is 17.5 Å². The average Bonchev–Trinajstić information content (AvgIpc) is 2.58. The highest BCUT2D eigenvalue weighted by Crippen LogP contribution is 2.10. The van der Waals surface area contributed by atoms with Gasteiger partial charge in [-0.3, -0.25) is 4.79 Å². The van der Waals surface area contributed by atoms with Crippen LogP contribution in [-0.2, 0) is 22.5 Å². The number of halogens is 1. The molecule has 0 saturated carbocycles. The lowest BCUT2D eigenvalue weighted by Gasteiger charge is -2.07. The summed E-state index contributed by atoms with van der Waals surface area (Å²) in [4.78, 5) is 23.6. The molecule has 2 rings (SSSR count). The minimum atomic E-state index is -0.509. The Labute approximate surface area is 140 Å². The lowest BCUT2D eigenvalue weighted by Crippen LogP contribution is -2.28. The predicted octanol–water partition coefficient (Wildman–Crippen LogP) is 3.38. The zero-order valence-electron chi connectivity index (χ0n) is 12.8. The van der Waals surface area contributed by atoms with E-state index in [1.54, 1.807) is 24.3 Å². The molecule has 0 heterocycles. The molecule has 120 valence electrons. The second kappa shape index (κ2) is 8.34. The zero-order chi connectivity index (χ0) is 16.7. The first-order valence-electron chi connectivity index (χ1n) is 7.35. The van der Waals surface area contributed by atoms with E-state index in [1.165, 1.54) is 0 Å². The van der Waals surface area contributed by atoms with Crippen molar-refractivity contribution in [3.8, 4) is 0 Å². The van der Waals surface area contributed by atoms with E-state index in [1.807, 2.05) is 31.2 Å². The number of ether oxygens (including phenoxy) is 1. The van der Waals surface area contributed by atoms with Gasteiger partial charge in [-0.05, 0) is 41.8 Å². The number of rotatable bonds is 6. The van der Waals surface area contributed by atoms with E-state index in [2.05, 4.69) is 5.32 Å². The van der Waals surface area contributed by atoms with Crippen molar-refractivity contribution >= 4 is 23.5 Å². The SMILES string of the molecule is CCc1ccc(C(=O)OCC(=O)NCc2cccc(Cl)c2)cc1. The Balaban J connectivity index is 1.78. The average molecular weight is 332 g/mol. The van der Waals surface area contributed by atoms with Crippen LogP contribution in [0, 0.1) is 0 Å². The van der Waals surface area contributed by atoms with Crippen LogP contribution in [0.5, 0.6) is 0 Å². The summed E-state index contributed by atoms with van der Waals surface area (Å²) in [6.07, 6.45) is 0.904. The molecule has 2 aromatic carbocycles. The summed E-state index contributed by atoms with van der Waals surface area (Å²) in [6.45, 7) is 2.06. The summed E-state index contributed by atoms with van der Waals surface area (Å²) < 4.78 is 5.00. The van der Waals surface area contributed by atoms with Crippen LogP contribution in [-0.4, -0.2) is 18.5 Å². The number of nitrogens with one attached hydrogen (secondary N) is 1. The lowest BCUT2D eigenvalue weighted by molar-refractivity contribution is -0.124. The molecule has 23 heavy (non-hydrogen) atoms. The largest absolute Gasteiger partial charge is 0.452 e. The fourth-order valence-corrected chi connectivity index (χ4v) is 2.20. The van der Waals surface area contributed by atoms with Gasteiger partial charge in [0.05, 0.1) is 5.56 Å². The number of amides is 1. The molecule has 0 radical (unpaired) electrons. The van der Waals surface area contributed by atoms with Crippen LogP contribution in [0.25, 0.3) is 0 Å². The second-order valence-electron chi connectivity index (χ2n) is 5.03. The first kappa shape index (κ1) is 17.0. The number of benzene rings is 2. The molecule has 0 unspecified atom stereocenters. The standard InChI is InChI=1S/C18H18ClNO3/c1-2-13-6-8-15(9-7-13)18(22)23-12-17(21)20-11-14-4-3-5-16(19)10-14/h3-10H,2,11-12H2,1H3,(H,20,21). The van der Waals surface area contributed by atoms with Crippen molar-refractivity contribution in [2.45, 2.75) is 19.9 Å². The number of hydrogen-bond donors (Lipinski definition) is 1. The van der Waals surface area contributed by atoms with Crippen molar-refractivity contribution in [3.05, 3.63) is 70.2 Å². The van der Waals surface area contributed by atoms with Gasteiger partial charge in [0.25, 0.3) is 5.91 Å². The van der Waals surface area contributed by atoms with Gasteiger partial charge in [0.2, 0.25) is 0 Å². The van der Waals surface area contributed by atoms with Gasteiger partial charge in [0.1, 0.15) is 0 Å². The first-order valence-corrected chi connectivity index (χ1v) is 7.73. The van der Waals surface area contributed by atoms with Gasteiger partial charge in [-0.25, -0.2) is 4.79 Å². The Kier molecular flexibility index (Phi) is 6.18. The van der Waals surface area contributed by atoms with E-state index >= 15 is 0 Å². The van der Waals surface area contributed by atoms with Crippen LogP contribution in [0.1, 0.15) is 28.4 Å². The van der Waals surface area contributed by atoms with E-state index < -0.39 is 5.97 Å². The lowest BCUT2D eigenvalue weighted by atomic mass is 10.1. The van der Waals surface area contributed by atoms with E-state index in [-0.39, 0.29) is 12.5 Å². The summed E-state index contributed by atoms with van der Waals surface area (Å²) in [5.74, 6) is -0.867.